The number of carboxylic acid groups (broad SMARTS) is 1. The van der Waals surface area contributed by atoms with E-state index in [1.165, 1.54) is 11.8 Å². The molecule has 2 aliphatic rings. The summed E-state index contributed by atoms with van der Waals surface area (Å²) in [5.74, 6) is 1.00. The van der Waals surface area contributed by atoms with E-state index in [0.717, 1.165) is 23.3 Å². The number of hydrogen-bond acceptors (Lipinski definition) is 6. The van der Waals surface area contributed by atoms with Crippen molar-refractivity contribution in [3.8, 4) is 0 Å². The summed E-state index contributed by atoms with van der Waals surface area (Å²) in [7, 11) is 0. The van der Waals surface area contributed by atoms with Crippen LogP contribution in [0.2, 0.25) is 0 Å². The molecule has 1 amide bonds. The zero-order valence-electron chi connectivity index (χ0n) is 12.0. The largest absolute Gasteiger partial charge is 0.480 e. The van der Waals surface area contributed by atoms with Gasteiger partial charge in [0.2, 0.25) is 5.91 Å². The Morgan fingerprint density at radius 3 is 2.52 bits per heavy atom. The number of carbonyl (C=O) groups excluding carboxylic acids is 2. The minimum Gasteiger partial charge on any atom is -0.480 e. The molecule has 0 aliphatic carbocycles. The molecule has 0 aromatic heterocycles. The monoisotopic (exact) mass is 349 g/mol. The van der Waals surface area contributed by atoms with E-state index in [1.54, 1.807) is 30.4 Å². The zero-order chi connectivity index (χ0) is 15.6. The van der Waals surface area contributed by atoms with Crippen molar-refractivity contribution in [3.05, 3.63) is 0 Å². The average Bonchev–Trinajstić information content (AvgIpc) is 3.03. The summed E-state index contributed by atoms with van der Waals surface area (Å²) in [5.41, 5.74) is 0. The summed E-state index contributed by atoms with van der Waals surface area (Å²) in [6.45, 7) is 3.73. The minimum absolute atomic E-state index is 0.0239. The van der Waals surface area contributed by atoms with Crippen LogP contribution in [0.4, 0.5) is 0 Å². The Balaban J connectivity index is 2.06. The van der Waals surface area contributed by atoms with Crippen molar-refractivity contribution < 1.29 is 19.5 Å². The lowest BCUT2D eigenvalue weighted by molar-refractivity contribution is -0.149. The highest BCUT2D eigenvalue weighted by Crippen LogP contribution is 2.52. The van der Waals surface area contributed by atoms with E-state index in [2.05, 4.69) is 0 Å². The molecule has 2 unspecified atom stereocenters. The number of amides is 1. The Kier molecular flexibility index (Phi) is 5.54. The van der Waals surface area contributed by atoms with Gasteiger partial charge in [0.1, 0.15) is 6.04 Å². The minimum atomic E-state index is -0.931. The lowest BCUT2D eigenvalue weighted by Gasteiger charge is -2.25. The van der Waals surface area contributed by atoms with Crippen molar-refractivity contribution in [2.75, 3.05) is 23.8 Å². The maximum Gasteiger partial charge on any atom is 0.326 e. The fourth-order valence-corrected chi connectivity index (χ4v) is 6.48. The third-order valence-electron chi connectivity index (χ3n) is 3.63. The summed E-state index contributed by atoms with van der Waals surface area (Å²) in [5, 5.41) is 9.38. The molecule has 1 spiro atoms. The van der Waals surface area contributed by atoms with Gasteiger partial charge in [0.05, 0.1) is 4.08 Å². The molecule has 2 aliphatic heterocycles. The van der Waals surface area contributed by atoms with Crippen LogP contribution in [-0.4, -0.2) is 60.9 Å². The first-order chi connectivity index (χ1) is 9.84. The molecule has 2 fully saturated rings. The summed E-state index contributed by atoms with van der Waals surface area (Å²) < 4.78 is -0.147. The molecule has 8 heteroatoms. The van der Waals surface area contributed by atoms with Gasteiger partial charge in [-0.15, -0.1) is 23.5 Å². The van der Waals surface area contributed by atoms with Gasteiger partial charge in [0.15, 0.2) is 5.12 Å². The van der Waals surface area contributed by atoms with Gasteiger partial charge in [-0.1, -0.05) is 18.7 Å². The molecule has 0 aromatic rings. The second kappa shape index (κ2) is 6.83. The van der Waals surface area contributed by atoms with E-state index in [1.807, 2.05) is 0 Å². The van der Waals surface area contributed by atoms with E-state index in [9.17, 15) is 19.5 Å². The quantitative estimate of drug-likeness (QED) is 0.829. The lowest BCUT2D eigenvalue weighted by Crippen LogP contribution is -2.43. The van der Waals surface area contributed by atoms with Crippen LogP contribution in [0.25, 0.3) is 0 Å². The summed E-state index contributed by atoms with van der Waals surface area (Å²) in [4.78, 5) is 36.5. The second-order valence-corrected chi connectivity index (χ2v) is 9.75. The molecule has 2 saturated heterocycles. The van der Waals surface area contributed by atoms with Gasteiger partial charge in [-0.3, -0.25) is 9.59 Å². The van der Waals surface area contributed by atoms with Crippen molar-refractivity contribution in [1.29, 1.82) is 0 Å². The molecule has 0 radical (unpaired) electrons. The summed E-state index contributed by atoms with van der Waals surface area (Å²) in [6.07, 6.45) is 0.510. The fraction of sp³-hybridized carbons (Fsp3) is 0.769. The number of carbonyl (C=O) groups is 3. The SMILES string of the molecule is CC(=O)SCC(C)C(=O)N1CC2(CC1C(=O)O)SCCS2. The van der Waals surface area contributed by atoms with Gasteiger partial charge in [-0.25, -0.2) is 4.79 Å². The molecule has 2 atom stereocenters. The first-order valence-corrected chi connectivity index (χ1v) is 9.75. The Hall–Kier alpha value is -0.340. The second-order valence-electron chi connectivity index (χ2n) is 5.34. The van der Waals surface area contributed by atoms with E-state index in [0.29, 0.717) is 18.7 Å². The van der Waals surface area contributed by atoms with Gasteiger partial charge in [0, 0.05) is 43.1 Å². The molecule has 0 bridgehead atoms. The molecule has 0 aromatic carbocycles. The van der Waals surface area contributed by atoms with Crippen molar-refractivity contribution in [3.63, 3.8) is 0 Å². The van der Waals surface area contributed by atoms with Gasteiger partial charge >= 0.3 is 5.97 Å². The predicted molar refractivity (Wildman–Crippen MR) is 87.7 cm³/mol. The first-order valence-electron chi connectivity index (χ1n) is 6.79. The standard InChI is InChI=1S/C13H19NO4S3/c1-8(6-19-9(2)15)11(16)14-7-13(20-3-4-21-13)5-10(14)12(17)18/h8,10H,3-7H2,1-2H3,(H,17,18). The number of carboxylic acids is 1. The third-order valence-corrected chi connectivity index (χ3v) is 8.13. The van der Waals surface area contributed by atoms with Crippen LogP contribution in [0, 0.1) is 5.92 Å². The molecule has 0 saturated carbocycles. The molecule has 118 valence electrons. The van der Waals surface area contributed by atoms with Gasteiger partial charge in [-0.2, -0.15) is 0 Å². The van der Waals surface area contributed by atoms with E-state index in [4.69, 9.17) is 0 Å². The van der Waals surface area contributed by atoms with Crippen LogP contribution in [0.1, 0.15) is 20.3 Å². The zero-order valence-corrected chi connectivity index (χ0v) is 14.5. The first kappa shape index (κ1) is 17.0. The normalized spacial score (nSPS) is 25.2. The molecular formula is C13H19NO4S3. The third kappa shape index (κ3) is 3.90. The van der Waals surface area contributed by atoms with Crippen LogP contribution in [0.5, 0.6) is 0 Å². The van der Waals surface area contributed by atoms with Gasteiger partial charge in [0.25, 0.3) is 0 Å². The predicted octanol–water partition coefficient (Wildman–Crippen LogP) is 1.76. The fourth-order valence-electron chi connectivity index (χ4n) is 2.59. The Bertz CT molecular complexity index is 451. The molecular weight excluding hydrogens is 330 g/mol. The highest BCUT2D eigenvalue weighted by Gasteiger charge is 2.51. The van der Waals surface area contributed by atoms with Crippen molar-refractivity contribution >= 4 is 52.3 Å². The van der Waals surface area contributed by atoms with Crippen LogP contribution >= 0.6 is 35.3 Å². The highest BCUT2D eigenvalue weighted by atomic mass is 32.2. The van der Waals surface area contributed by atoms with Crippen LogP contribution in [0.3, 0.4) is 0 Å². The van der Waals surface area contributed by atoms with Crippen molar-refractivity contribution in [1.82, 2.24) is 4.90 Å². The lowest BCUT2D eigenvalue weighted by atomic mass is 10.1. The Morgan fingerprint density at radius 2 is 2.00 bits per heavy atom. The summed E-state index contributed by atoms with van der Waals surface area (Å²) >= 11 is 4.66. The van der Waals surface area contributed by atoms with E-state index >= 15 is 0 Å². The number of rotatable bonds is 4. The molecule has 2 rings (SSSR count). The molecule has 1 N–H and O–H groups in total. The molecule has 2 heterocycles. The number of aliphatic carboxylic acids is 1. The van der Waals surface area contributed by atoms with Crippen LogP contribution < -0.4 is 0 Å². The highest BCUT2D eigenvalue weighted by molar-refractivity contribution is 8.21. The molecule has 21 heavy (non-hydrogen) atoms. The number of hydrogen-bond donors (Lipinski definition) is 1. The number of thioether (sulfide) groups is 3. The summed E-state index contributed by atoms with van der Waals surface area (Å²) in [6, 6.07) is -0.736. The maximum absolute atomic E-state index is 12.5. The number of likely N-dealkylation sites (tertiary alicyclic amines) is 1. The van der Waals surface area contributed by atoms with E-state index < -0.39 is 12.0 Å². The number of nitrogens with zero attached hydrogens (tertiary/aromatic N) is 1. The van der Waals surface area contributed by atoms with Gasteiger partial charge in [-0.05, 0) is 0 Å². The Labute approximate surface area is 137 Å². The van der Waals surface area contributed by atoms with E-state index in [-0.39, 0.29) is 21.0 Å². The average molecular weight is 349 g/mol. The van der Waals surface area contributed by atoms with Crippen molar-refractivity contribution in [2.45, 2.75) is 30.4 Å². The molecule has 5 nitrogen and oxygen atoms in total. The maximum atomic E-state index is 12.5. The van der Waals surface area contributed by atoms with Gasteiger partial charge < -0.3 is 10.0 Å². The Morgan fingerprint density at radius 1 is 1.38 bits per heavy atom. The van der Waals surface area contributed by atoms with Crippen molar-refractivity contribution in [2.24, 2.45) is 5.92 Å². The smallest absolute Gasteiger partial charge is 0.326 e. The van der Waals surface area contributed by atoms with Crippen LogP contribution in [0.15, 0.2) is 0 Å². The van der Waals surface area contributed by atoms with Crippen LogP contribution in [-0.2, 0) is 14.4 Å². The topological polar surface area (TPSA) is 74.7 Å².